The molecular weight excluding hydrogens is 292 g/mol. The van der Waals surface area contributed by atoms with Gasteiger partial charge in [0.1, 0.15) is 6.04 Å². The summed E-state index contributed by atoms with van der Waals surface area (Å²) in [5.74, 6) is -0.140. The van der Waals surface area contributed by atoms with Crippen molar-refractivity contribution < 1.29 is 9.59 Å². The Bertz CT molecular complexity index is 740. The van der Waals surface area contributed by atoms with Crippen molar-refractivity contribution in [3.63, 3.8) is 0 Å². The number of nitrogens with zero attached hydrogens (tertiary/aromatic N) is 3. The summed E-state index contributed by atoms with van der Waals surface area (Å²) in [6, 6.07) is 10.7. The molecule has 6 heteroatoms. The van der Waals surface area contributed by atoms with Crippen molar-refractivity contribution in [2.24, 2.45) is 0 Å². The maximum Gasteiger partial charge on any atom is 0.325 e. The third kappa shape index (κ3) is 2.40. The molecule has 4 rings (SSSR count). The highest BCUT2D eigenvalue weighted by Crippen LogP contribution is 2.32. The van der Waals surface area contributed by atoms with E-state index < -0.39 is 6.04 Å². The van der Waals surface area contributed by atoms with Gasteiger partial charge in [0.05, 0.1) is 11.7 Å². The maximum absolute atomic E-state index is 12.8. The number of aromatic nitrogens is 2. The van der Waals surface area contributed by atoms with Gasteiger partial charge in [0.15, 0.2) is 0 Å². The SMILES string of the molecule is O=C1NC(Cc2ccccc2)C(=O)N1C1CCCn2nccc21. The fraction of sp³-hybridized carbons (Fsp3) is 0.353. The van der Waals surface area contributed by atoms with E-state index in [9.17, 15) is 9.59 Å². The van der Waals surface area contributed by atoms with Gasteiger partial charge in [-0.2, -0.15) is 5.10 Å². The van der Waals surface area contributed by atoms with Crippen LogP contribution in [0, 0.1) is 0 Å². The molecule has 23 heavy (non-hydrogen) atoms. The minimum absolute atomic E-state index is 0.140. The standard InChI is InChI=1S/C17H18N4O2/c22-16-13(11-12-5-2-1-3-6-12)19-17(23)21(16)15-7-4-10-20-14(15)8-9-18-20/h1-3,5-6,8-9,13,15H,4,7,10-11H2,(H,19,23). The summed E-state index contributed by atoms with van der Waals surface area (Å²) in [7, 11) is 0. The predicted octanol–water partition coefficient (Wildman–Crippen LogP) is 1.88. The largest absolute Gasteiger partial charge is 0.325 e. The van der Waals surface area contributed by atoms with E-state index >= 15 is 0 Å². The first-order chi connectivity index (χ1) is 11.2. The van der Waals surface area contributed by atoms with Gasteiger partial charge in [0.25, 0.3) is 5.91 Å². The number of urea groups is 1. The number of amides is 3. The topological polar surface area (TPSA) is 67.2 Å². The van der Waals surface area contributed by atoms with Gasteiger partial charge in [-0.05, 0) is 24.5 Å². The first kappa shape index (κ1) is 14.0. The second-order valence-corrected chi connectivity index (χ2v) is 6.04. The Labute approximate surface area is 134 Å². The Hall–Kier alpha value is -2.63. The van der Waals surface area contributed by atoms with Crippen LogP contribution < -0.4 is 5.32 Å². The number of aryl methyl sites for hydroxylation is 1. The molecule has 1 fully saturated rings. The lowest BCUT2D eigenvalue weighted by Crippen LogP contribution is -2.38. The van der Waals surface area contributed by atoms with E-state index in [0.717, 1.165) is 30.6 Å². The lowest BCUT2D eigenvalue weighted by molar-refractivity contribution is -0.129. The van der Waals surface area contributed by atoms with E-state index in [0.29, 0.717) is 6.42 Å². The monoisotopic (exact) mass is 310 g/mol. The second-order valence-electron chi connectivity index (χ2n) is 6.04. The molecule has 2 atom stereocenters. The summed E-state index contributed by atoms with van der Waals surface area (Å²) in [4.78, 5) is 26.5. The Morgan fingerprint density at radius 3 is 2.83 bits per heavy atom. The van der Waals surface area contributed by atoms with Crippen molar-refractivity contribution >= 4 is 11.9 Å². The number of carbonyl (C=O) groups excluding carboxylic acids is 2. The van der Waals surface area contributed by atoms with Crippen molar-refractivity contribution in [1.82, 2.24) is 20.0 Å². The Morgan fingerprint density at radius 2 is 2.00 bits per heavy atom. The number of carbonyl (C=O) groups is 2. The van der Waals surface area contributed by atoms with Crippen LogP contribution in [0.2, 0.25) is 0 Å². The fourth-order valence-corrected chi connectivity index (χ4v) is 3.49. The molecule has 1 N–H and O–H groups in total. The van der Waals surface area contributed by atoms with Crippen LogP contribution in [0.3, 0.4) is 0 Å². The smallest absolute Gasteiger partial charge is 0.325 e. The van der Waals surface area contributed by atoms with Crippen molar-refractivity contribution in [3.05, 3.63) is 53.9 Å². The van der Waals surface area contributed by atoms with Gasteiger partial charge >= 0.3 is 6.03 Å². The molecule has 2 aromatic rings. The quantitative estimate of drug-likeness (QED) is 0.880. The summed E-state index contributed by atoms with van der Waals surface area (Å²) in [5, 5.41) is 7.09. The molecule has 1 saturated heterocycles. The van der Waals surface area contributed by atoms with Gasteiger partial charge in [-0.3, -0.25) is 14.4 Å². The minimum atomic E-state index is -0.483. The van der Waals surface area contributed by atoms with Crippen molar-refractivity contribution in [1.29, 1.82) is 0 Å². The van der Waals surface area contributed by atoms with Crippen LogP contribution in [0.1, 0.15) is 30.1 Å². The fourth-order valence-electron chi connectivity index (χ4n) is 3.49. The van der Waals surface area contributed by atoms with Crippen LogP contribution in [0.4, 0.5) is 4.79 Å². The normalized spacial score (nSPS) is 23.7. The highest BCUT2D eigenvalue weighted by molar-refractivity contribution is 6.04. The van der Waals surface area contributed by atoms with Crippen LogP contribution >= 0.6 is 0 Å². The first-order valence-corrected chi connectivity index (χ1v) is 7.93. The minimum Gasteiger partial charge on any atom is -0.325 e. The van der Waals surface area contributed by atoms with Gasteiger partial charge < -0.3 is 5.32 Å². The molecule has 3 heterocycles. The molecule has 0 spiro atoms. The molecule has 0 radical (unpaired) electrons. The van der Waals surface area contributed by atoms with Gasteiger partial charge in [0, 0.05) is 19.2 Å². The Morgan fingerprint density at radius 1 is 1.17 bits per heavy atom. The van der Waals surface area contributed by atoms with E-state index in [4.69, 9.17) is 0 Å². The predicted molar refractivity (Wildman–Crippen MR) is 83.5 cm³/mol. The van der Waals surface area contributed by atoms with Gasteiger partial charge in [0.2, 0.25) is 0 Å². The molecule has 0 saturated carbocycles. The van der Waals surface area contributed by atoms with Crippen molar-refractivity contribution in [2.75, 3.05) is 0 Å². The lowest BCUT2D eigenvalue weighted by Gasteiger charge is -2.29. The molecule has 0 aliphatic carbocycles. The summed E-state index contributed by atoms with van der Waals surface area (Å²) in [5.41, 5.74) is 1.99. The van der Waals surface area contributed by atoms with E-state index in [1.807, 2.05) is 41.1 Å². The van der Waals surface area contributed by atoms with Gasteiger partial charge in [-0.15, -0.1) is 0 Å². The molecular formula is C17H18N4O2. The molecule has 118 valence electrons. The maximum atomic E-state index is 12.8. The van der Waals surface area contributed by atoms with Crippen LogP contribution in [0.15, 0.2) is 42.6 Å². The molecule has 3 amide bonds. The zero-order valence-electron chi connectivity index (χ0n) is 12.7. The molecule has 2 unspecified atom stereocenters. The van der Waals surface area contributed by atoms with E-state index in [1.54, 1.807) is 6.20 Å². The summed E-state index contributed by atoms with van der Waals surface area (Å²) < 4.78 is 1.89. The number of nitrogens with one attached hydrogen (secondary N) is 1. The second kappa shape index (κ2) is 5.53. The highest BCUT2D eigenvalue weighted by atomic mass is 16.2. The number of rotatable bonds is 3. The van der Waals surface area contributed by atoms with E-state index in [-0.39, 0.29) is 18.0 Å². The van der Waals surface area contributed by atoms with E-state index in [1.165, 1.54) is 4.90 Å². The molecule has 1 aromatic heterocycles. The van der Waals surface area contributed by atoms with Gasteiger partial charge in [-0.1, -0.05) is 30.3 Å². The number of hydrogen-bond acceptors (Lipinski definition) is 3. The van der Waals surface area contributed by atoms with Crippen LogP contribution in [-0.2, 0) is 17.8 Å². The number of fused-ring (bicyclic) bond motifs is 1. The molecule has 1 aromatic carbocycles. The number of benzene rings is 1. The molecule has 6 nitrogen and oxygen atoms in total. The average Bonchev–Trinajstić information content (AvgIpc) is 3.14. The Kier molecular flexibility index (Phi) is 3.37. The van der Waals surface area contributed by atoms with Crippen LogP contribution in [0.5, 0.6) is 0 Å². The zero-order valence-corrected chi connectivity index (χ0v) is 12.7. The molecule has 0 bridgehead atoms. The van der Waals surface area contributed by atoms with E-state index in [2.05, 4.69) is 10.4 Å². The summed E-state index contributed by atoms with van der Waals surface area (Å²) in [6.07, 6.45) is 3.96. The third-order valence-corrected chi connectivity index (χ3v) is 4.58. The summed E-state index contributed by atoms with van der Waals surface area (Å²) in [6.45, 7) is 0.843. The van der Waals surface area contributed by atoms with Crippen molar-refractivity contribution in [3.8, 4) is 0 Å². The summed E-state index contributed by atoms with van der Waals surface area (Å²) >= 11 is 0. The number of hydrogen-bond donors (Lipinski definition) is 1. The number of imide groups is 1. The molecule has 2 aliphatic rings. The highest BCUT2D eigenvalue weighted by Gasteiger charge is 2.43. The lowest BCUT2D eigenvalue weighted by atomic mass is 10.0. The van der Waals surface area contributed by atoms with Crippen molar-refractivity contribution in [2.45, 2.75) is 37.9 Å². The Balaban J connectivity index is 1.57. The van der Waals surface area contributed by atoms with Crippen LogP contribution in [-0.4, -0.2) is 32.7 Å². The first-order valence-electron chi connectivity index (χ1n) is 7.93. The average molecular weight is 310 g/mol. The molecule has 2 aliphatic heterocycles. The van der Waals surface area contributed by atoms with Gasteiger partial charge in [-0.25, -0.2) is 4.79 Å². The zero-order chi connectivity index (χ0) is 15.8. The van der Waals surface area contributed by atoms with Crippen LogP contribution in [0.25, 0.3) is 0 Å². The third-order valence-electron chi connectivity index (χ3n) is 4.58.